The minimum absolute atomic E-state index is 0.0467. The molecule has 1 amide bonds. The van der Waals surface area contributed by atoms with Gasteiger partial charge in [0.25, 0.3) is 5.91 Å². The summed E-state index contributed by atoms with van der Waals surface area (Å²) in [4.78, 5) is 40.6. The van der Waals surface area contributed by atoms with E-state index in [0.29, 0.717) is 27.7 Å². The van der Waals surface area contributed by atoms with Crippen LogP contribution in [0.2, 0.25) is 5.02 Å². The van der Waals surface area contributed by atoms with Gasteiger partial charge in [-0.15, -0.1) is 10.2 Å². The molecule has 3 heterocycles. The first-order valence-corrected chi connectivity index (χ1v) is 11.6. The summed E-state index contributed by atoms with van der Waals surface area (Å²) in [6.07, 6.45) is 0.657. The number of carbonyl (C=O) groups excluding carboxylic acids is 2. The van der Waals surface area contributed by atoms with Crippen LogP contribution in [0.15, 0.2) is 45.6 Å². The molecule has 0 saturated carbocycles. The van der Waals surface area contributed by atoms with Crippen molar-refractivity contribution in [3.8, 4) is 0 Å². The molecule has 5 rings (SSSR count). The number of nitrogens with zero attached hydrogens (tertiary/aromatic N) is 3. The molecule has 10 heteroatoms. The van der Waals surface area contributed by atoms with Gasteiger partial charge < -0.3 is 9.15 Å². The third-order valence-corrected chi connectivity index (χ3v) is 7.24. The second kappa shape index (κ2) is 8.34. The lowest BCUT2D eigenvalue weighted by Gasteiger charge is -2.22. The number of ether oxygens (including phenoxy) is 1. The SMILES string of the molecule is CCc1nnc(N2C(=O)c3oc4cc(C)c(Cl)cc4c(=O)c3C2c2ccc(C(=O)OC)cc2)s1. The number of hydrogen-bond acceptors (Lipinski definition) is 8. The van der Waals surface area contributed by atoms with Gasteiger partial charge in [0, 0.05) is 5.02 Å². The quantitative estimate of drug-likeness (QED) is 0.378. The number of aryl methyl sites for hydroxylation is 2. The molecule has 0 radical (unpaired) electrons. The molecule has 1 unspecified atom stereocenters. The molecule has 1 atom stereocenters. The Balaban J connectivity index is 1.76. The summed E-state index contributed by atoms with van der Waals surface area (Å²) in [5, 5.41) is 10.2. The Labute approximate surface area is 202 Å². The highest BCUT2D eigenvalue weighted by molar-refractivity contribution is 7.15. The lowest BCUT2D eigenvalue weighted by atomic mass is 9.97. The van der Waals surface area contributed by atoms with Crippen LogP contribution in [0.4, 0.5) is 5.13 Å². The van der Waals surface area contributed by atoms with E-state index in [1.807, 2.05) is 6.92 Å². The number of fused-ring (bicyclic) bond motifs is 2. The maximum atomic E-state index is 13.7. The van der Waals surface area contributed by atoms with Crippen LogP contribution in [-0.2, 0) is 11.2 Å². The van der Waals surface area contributed by atoms with Crippen molar-refractivity contribution in [1.29, 1.82) is 0 Å². The largest absolute Gasteiger partial charge is 0.465 e. The average Bonchev–Trinajstić information content (AvgIpc) is 3.43. The molecule has 8 nitrogen and oxygen atoms in total. The first-order valence-electron chi connectivity index (χ1n) is 10.4. The predicted octanol–water partition coefficient (Wildman–Crippen LogP) is 4.71. The van der Waals surface area contributed by atoms with Crippen molar-refractivity contribution < 1.29 is 18.7 Å². The first kappa shape index (κ1) is 22.2. The van der Waals surface area contributed by atoms with Gasteiger partial charge in [0.1, 0.15) is 10.6 Å². The molecule has 0 bridgehead atoms. The minimum atomic E-state index is -0.812. The molecule has 0 fully saturated rings. The van der Waals surface area contributed by atoms with Crippen LogP contribution in [0, 0.1) is 6.92 Å². The van der Waals surface area contributed by atoms with E-state index in [0.717, 1.165) is 10.6 Å². The molecule has 1 aliphatic rings. The van der Waals surface area contributed by atoms with Crippen LogP contribution in [0.25, 0.3) is 11.0 Å². The number of carbonyl (C=O) groups is 2. The fourth-order valence-corrected chi connectivity index (χ4v) is 4.98. The van der Waals surface area contributed by atoms with Crippen molar-refractivity contribution in [3.63, 3.8) is 0 Å². The van der Waals surface area contributed by atoms with E-state index < -0.39 is 17.9 Å². The molecule has 0 spiro atoms. The number of rotatable bonds is 4. The Bertz CT molecular complexity index is 1530. The van der Waals surface area contributed by atoms with E-state index in [1.54, 1.807) is 43.3 Å². The molecule has 1 aliphatic heterocycles. The van der Waals surface area contributed by atoms with Crippen molar-refractivity contribution in [3.05, 3.63) is 84.7 Å². The number of hydrogen-bond donors (Lipinski definition) is 0. The Hall–Kier alpha value is -3.56. The second-order valence-electron chi connectivity index (χ2n) is 7.79. The van der Waals surface area contributed by atoms with Gasteiger partial charge >= 0.3 is 5.97 Å². The van der Waals surface area contributed by atoms with Crippen LogP contribution >= 0.6 is 22.9 Å². The Morgan fingerprint density at radius 2 is 1.94 bits per heavy atom. The number of methoxy groups -OCH3 is 1. The predicted molar refractivity (Wildman–Crippen MR) is 128 cm³/mol. The van der Waals surface area contributed by atoms with Gasteiger partial charge in [-0.25, -0.2) is 4.79 Å². The van der Waals surface area contributed by atoms with E-state index >= 15 is 0 Å². The lowest BCUT2D eigenvalue weighted by Crippen LogP contribution is -2.29. The Morgan fingerprint density at radius 1 is 1.21 bits per heavy atom. The maximum Gasteiger partial charge on any atom is 0.337 e. The summed E-state index contributed by atoms with van der Waals surface area (Å²) in [6.45, 7) is 3.74. The van der Waals surface area contributed by atoms with Gasteiger partial charge in [-0.3, -0.25) is 14.5 Å². The Morgan fingerprint density at radius 3 is 2.59 bits per heavy atom. The fraction of sp³-hybridized carbons (Fsp3) is 0.208. The van der Waals surface area contributed by atoms with Crippen molar-refractivity contribution in [2.75, 3.05) is 12.0 Å². The van der Waals surface area contributed by atoms with Gasteiger partial charge in [0.2, 0.25) is 10.9 Å². The number of anilines is 1. The minimum Gasteiger partial charge on any atom is -0.465 e. The zero-order valence-corrected chi connectivity index (χ0v) is 20.0. The maximum absolute atomic E-state index is 13.7. The van der Waals surface area contributed by atoms with Crippen molar-refractivity contribution in [2.24, 2.45) is 0 Å². The van der Waals surface area contributed by atoms with E-state index in [2.05, 4.69) is 10.2 Å². The van der Waals surface area contributed by atoms with E-state index in [1.165, 1.54) is 23.3 Å². The van der Waals surface area contributed by atoms with E-state index in [9.17, 15) is 14.4 Å². The van der Waals surface area contributed by atoms with Crippen LogP contribution < -0.4 is 10.3 Å². The third-order valence-electron chi connectivity index (χ3n) is 5.76. The molecule has 0 aliphatic carbocycles. The summed E-state index contributed by atoms with van der Waals surface area (Å²) in [5.74, 6) is -1.02. The molecule has 4 aromatic rings. The van der Waals surface area contributed by atoms with Crippen molar-refractivity contribution in [2.45, 2.75) is 26.3 Å². The van der Waals surface area contributed by atoms with Gasteiger partial charge in [-0.05, 0) is 48.7 Å². The highest BCUT2D eigenvalue weighted by Gasteiger charge is 2.45. The normalized spacial score (nSPS) is 15.1. The average molecular weight is 496 g/mol. The van der Waals surface area contributed by atoms with Crippen LogP contribution in [0.5, 0.6) is 0 Å². The van der Waals surface area contributed by atoms with Crippen molar-refractivity contribution >= 4 is 50.9 Å². The zero-order chi connectivity index (χ0) is 24.1. The standard InChI is InChI=1S/C24H18ClN3O5S/c1-4-17-26-27-24(34-17)28-19(12-5-7-13(8-6-12)23(31)32-3)18-20(29)14-10-15(25)11(2)9-16(14)33-21(18)22(28)30/h5-10,19H,4H2,1-3H3. The topological polar surface area (TPSA) is 103 Å². The smallest absolute Gasteiger partial charge is 0.337 e. The number of benzene rings is 2. The summed E-state index contributed by atoms with van der Waals surface area (Å²) in [7, 11) is 1.30. The fourth-order valence-electron chi connectivity index (χ4n) is 4.01. The zero-order valence-electron chi connectivity index (χ0n) is 18.4. The molecule has 0 N–H and O–H groups in total. The van der Waals surface area contributed by atoms with Crippen LogP contribution in [0.1, 0.15) is 55.6 Å². The summed E-state index contributed by atoms with van der Waals surface area (Å²) in [6, 6.07) is 8.93. The van der Waals surface area contributed by atoms with Crippen molar-refractivity contribution in [1.82, 2.24) is 10.2 Å². The summed E-state index contributed by atoms with van der Waals surface area (Å²) in [5.41, 5.74) is 1.81. The van der Waals surface area contributed by atoms with Crippen LogP contribution in [0.3, 0.4) is 0 Å². The molecule has 34 heavy (non-hydrogen) atoms. The third kappa shape index (κ3) is 3.39. The highest BCUT2D eigenvalue weighted by Crippen LogP contribution is 2.42. The Kier molecular flexibility index (Phi) is 5.45. The number of halogens is 1. The van der Waals surface area contributed by atoms with E-state index in [-0.39, 0.29) is 27.7 Å². The van der Waals surface area contributed by atoms with Gasteiger partial charge in [-0.2, -0.15) is 0 Å². The molecule has 2 aromatic carbocycles. The van der Waals surface area contributed by atoms with Crippen LogP contribution in [-0.4, -0.2) is 29.2 Å². The first-order chi connectivity index (χ1) is 16.3. The number of esters is 1. The van der Waals surface area contributed by atoms with Gasteiger partial charge in [0.05, 0.1) is 29.7 Å². The number of aromatic nitrogens is 2. The van der Waals surface area contributed by atoms with Gasteiger partial charge in [0.15, 0.2) is 5.43 Å². The lowest BCUT2D eigenvalue weighted by molar-refractivity contribution is 0.0600. The molecule has 2 aromatic heterocycles. The summed E-state index contributed by atoms with van der Waals surface area (Å²) < 4.78 is 10.8. The van der Waals surface area contributed by atoms with Gasteiger partial charge in [-0.1, -0.05) is 42.0 Å². The molecular weight excluding hydrogens is 478 g/mol. The number of amides is 1. The molecule has 0 saturated heterocycles. The summed E-state index contributed by atoms with van der Waals surface area (Å²) >= 11 is 7.55. The second-order valence-corrected chi connectivity index (χ2v) is 9.24. The molecular formula is C24H18ClN3O5S. The van der Waals surface area contributed by atoms with E-state index in [4.69, 9.17) is 20.8 Å². The highest BCUT2D eigenvalue weighted by atomic mass is 35.5. The monoisotopic (exact) mass is 495 g/mol. The molecule has 172 valence electrons.